The molecule has 0 aliphatic heterocycles. The lowest BCUT2D eigenvalue weighted by Gasteiger charge is -1.99. The van der Waals surface area contributed by atoms with Crippen LogP contribution in [-0.2, 0) is 0 Å². The van der Waals surface area contributed by atoms with Crippen molar-refractivity contribution in [3.05, 3.63) is 47.8 Å². The second kappa shape index (κ2) is 3.93. The van der Waals surface area contributed by atoms with Crippen molar-refractivity contribution in [1.29, 1.82) is 0 Å². The van der Waals surface area contributed by atoms with Gasteiger partial charge in [0.05, 0.1) is 0 Å². The number of benzene rings is 1. The smallest absolute Gasteiger partial charge is 0.0179 e. The maximum absolute atomic E-state index is 3.32. The molecular formula is C14H17N. The fourth-order valence-corrected chi connectivity index (χ4v) is 1.66. The van der Waals surface area contributed by atoms with E-state index in [1.807, 2.05) is 0 Å². The van der Waals surface area contributed by atoms with Crippen LogP contribution in [0.3, 0.4) is 0 Å². The average molecular weight is 199 g/mol. The Labute approximate surface area is 91.2 Å². The standard InChI is InChI=1S/C14H17N/c1-10(2)14-8-13(9-15-14)12-6-4-11(3)5-7-12/h4-10,15H,1-3H3. The number of H-pyrrole nitrogens is 1. The predicted molar refractivity (Wildman–Crippen MR) is 65.1 cm³/mol. The molecule has 0 aliphatic carbocycles. The fraction of sp³-hybridized carbons (Fsp3) is 0.286. The van der Waals surface area contributed by atoms with Gasteiger partial charge in [0.1, 0.15) is 0 Å². The molecular weight excluding hydrogens is 182 g/mol. The number of aromatic amines is 1. The van der Waals surface area contributed by atoms with Crippen LogP contribution in [0, 0.1) is 6.92 Å². The van der Waals surface area contributed by atoms with Gasteiger partial charge < -0.3 is 4.98 Å². The molecule has 0 amide bonds. The Hall–Kier alpha value is -1.50. The average Bonchev–Trinajstić information content (AvgIpc) is 2.68. The molecule has 0 unspecified atom stereocenters. The fourth-order valence-electron chi connectivity index (χ4n) is 1.66. The number of aryl methyl sites for hydroxylation is 1. The molecule has 1 nitrogen and oxygen atoms in total. The van der Waals surface area contributed by atoms with Crippen LogP contribution < -0.4 is 0 Å². The molecule has 0 aliphatic rings. The molecule has 0 saturated heterocycles. The van der Waals surface area contributed by atoms with E-state index in [4.69, 9.17) is 0 Å². The van der Waals surface area contributed by atoms with Gasteiger partial charge in [-0.15, -0.1) is 0 Å². The molecule has 2 rings (SSSR count). The Morgan fingerprint density at radius 2 is 1.67 bits per heavy atom. The van der Waals surface area contributed by atoms with Crippen LogP contribution in [0.15, 0.2) is 36.5 Å². The minimum atomic E-state index is 0.559. The number of hydrogen-bond acceptors (Lipinski definition) is 0. The van der Waals surface area contributed by atoms with Crippen LogP contribution in [-0.4, -0.2) is 4.98 Å². The molecule has 0 saturated carbocycles. The van der Waals surface area contributed by atoms with Crippen molar-refractivity contribution >= 4 is 0 Å². The molecule has 0 bridgehead atoms. The molecule has 15 heavy (non-hydrogen) atoms. The zero-order valence-electron chi connectivity index (χ0n) is 9.54. The van der Waals surface area contributed by atoms with Crippen molar-refractivity contribution in [1.82, 2.24) is 4.98 Å². The lowest BCUT2D eigenvalue weighted by molar-refractivity contribution is 0.833. The van der Waals surface area contributed by atoms with E-state index in [2.05, 4.69) is 62.3 Å². The van der Waals surface area contributed by atoms with E-state index < -0.39 is 0 Å². The third kappa shape index (κ3) is 2.12. The lowest BCUT2D eigenvalue weighted by Crippen LogP contribution is -1.84. The third-order valence-electron chi connectivity index (χ3n) is 2.71. The molecule has 0 atom stereocenters. The van der Waals surface area contributed by atoms with E-state index >= 15 is 0 Å². The summed E-state index contributed by atoms with van der Waals surface area (Å²) in [6, 6.07) is 10.9. The Bertz CT molecular complexity index is 435. The summed E-state index contributed by atoms with van der Waals surface area (Å²) in [5, 5.41) is 0. The highest BCUT2D eigenvalue weighted by molar-refractivity contribution is 5.63. The molecule has 78 valence electrons. The zero-order valence-corrected chi connectivity index (χ0v) is 9.54. The van der Waals surface area contributed by atoms with Crippen LogP contribution in [0.25, 0.3) is 11.1 Å². The van der Waals surface area contributed by atoms with Gasteiger partial charge in [-0.3, -0.25) is 0 Å². The van der Waals surface area contributed by atoms with E-state index in [0.717, 1.165) is 0 Å². The topological polar surface area (TPSA) is 15.8 Å². The molecule has 0 spiro atoms. The molecule has 2 aromatic rings. The van der Waals surface area contributed by atoms with E-state index in [1.165, 1.54) is 22.4 Å². The summed E-state index contributed by atoms with van der Waals surface area (Å²) >= 11 is 0. The van der Waals surface area contributed by atoms with Gasteiger partial charge in [-0.25, -0.2) is 0 Å². The van der Waals surface area contributed by atoms with Crippen LogP contribution in [0.2, 0.25) is 0 Å². The minimum absolute atomic E-state index is 0.559. The molecule has 1 aromatic heterocycles. The first kappa shape index (κ1) is 10.0. The van der Waals surface area contributed by atoms with Gasteiger partial charge in [-0.1, -0.05) is 43.7 Å². The third-order valence-corrected chi connectivity index (χ3v) is 2.71. The van der Waals surface area contributed by atoms with Gasteiger partial charge in [-0.05, 0) is 30.0 Å². The van der Waals surface area contributed by atoms with Crippen LogP contribution >= 0.6 is 0 Å². The van der Waals surface area contributed by atoms with Crippen LogP contribution in [0.4, 0.5) is 0 Å². The van der Waals surface area contributed by atoms with Crippen molar-refractivity contribution < 1.29 is 0 Å². The highest BCUT2D eigenvalue weighted by Gasteiger charge is 2.04. The first-order valence-corrected chi connectivity index (χ1v) is 5.42. The molecule has 0 fully saturated rings. The van der Waals surface area contributed by atoms with E-state index in [1.54, 1.807) is 0 Å². The summed E-state index contributed by atoms with van der Waals surface area (Å²) < 4.78 is 0. The highest BCUT2D eigenvalue weighted by Crippen LogP contribution is 2.23. The maximum atomic E-state index is 3.32. The Balaban J connectivity index is 2.33. The van der Waals surface area contributed by atoms with Crippen molar-refractivity contribution in [2.75, 3.05) is 0 Å². The summed E-state index contributed by atoms with van der Waals surface area (Å²) in [5.74, 6) is 0.559. The summed E-state index contributed by atoms with van der Waals surface area (Å²) in [6.07, 6.45) is 2.08. The Kier molecular flexibility index (Phi) is 2.63. The number of hydrogen-bond donors (Lipinski definition) is 1. The van der Waals surface area contributed by atoms with Crippen LogP contribution in [0.5, 0.6) is 0 Å². The molecule has 1 N–H and O–H groups in total. The van der Waals surface area contributed by atoms with Gasteiger partial charge in [0.15, 0.2) is 0 Å². The van der Waals surface area contributed by atoms with E-state index in [9.17, 15) is 0 Å². The maximum Gasteiger partial charge on any atom is 0.0179 e. The van der Waals surface area contributed by atoms with Gasteiger partial charge in [0, 0.05) is 11.9 Å². The van der Waals surface area contributed by atoms with Gasteiger partial charge in [0.2, 0.25) is 0 Å². The van der Waals surface area contributed by atoms with Crippen molar-refractivity contribution in [2.45, 2.75) is 26.7 Å². The molecule has 1 aromatic carbocycles. The largest absolute Gasteiger partial charge is 0.364 e. The van der Waals surface area contributed by atoms with Crippen molar-refractivity contribution in [3.63, 3.8) is 0 Å². The number of rotatable bonds is 2. The first-order valence-electron chi connectivity index (χ1n) is 5.42. The lowest BCUT2D eigenvalue weighted by atomic mass is 10.1. The summed E-state index contributed by atoms with van der Waals surface area (Å²) in [6.45, 7) is 6.51. The number of aromatic nitrogens is 1. The molecule has 1 heteroatoms. The van der Waals surface area contributed by atoms with E-state index in [0.29, 0.717) is 5.92 Å². The monoisotopic (exact) mass is 199 g/mol. The van der Waals surface area contributed by atoms with Crippen molar-refractivity contribution in [2.24, 2.45) is 0 Å². The second-order valence-electron chi connectivity index (χ2n) is 4.36. The summed E-state index contributed by atoms with van der Waals surface area (Å²) in [5.41, 5.74) is 5.16. The zero-order chi connectivity index (χ0) is 10.8. The predicted octanol–water partition coefficient (Wildman–Crippen LogP) is 4.11. The first-order chi connectivity index (χ1) is 7.16. The van der Waals surface area contributed by atoms with Gasteiger partial charge >= 0.3 is 0 Å². The van der Waals surface area contributed by atoms with Gasteiger partial charge in [0.25, 0.3) is 0 Å². The van der Waals surface area contributed by atoms with Crippen LogP contribution in [0.1, 0.15) is 31.0 Å². The summed E-state index contributed by atoms with van der Waals surface area (Å²) in [4.78, 5) is 3.32. The Morgan fingerprint density at radius 3 is 2.20 bits per heavy atom. The summed E-state index contributed by atoms with van der Waals surface area (Å²) in [7, 11) is 0. The molecule has 1 heterocycles. The normalized spacial score (nSPS) is 10.9. The Morgan fingerprint density at radius 1 is 1.00 bits per heavy atom. The van der Waals surface area contributed by atoms with Crippen molar-refractivity contribution in [3.8, 4) is 11.1 Å². The minimum Gasteiger partial charge on any atom is -0.364 e. The molecule has 0 radical (unpaired) electrons. The highest BCUT2D eigenvalue weighted by atomic mass is 14.7. The van der Waals surface area contributed by atoms with E-state index in [-0.39, 0.29) is 0 Å². The second-order valence-corrected chi connectivity index (χ2v) is 4.36. The SMILES string of the molecule is Cc1ccc(-c2c[nH]c(C(C)C)c2)cc1. The van der Waals surface area contributed by atoms with Gasteiger partial charge in [-0.2, -0.15) is 0 Å². The number of nitrogens with one attached hydrogen (secondary N) is 1. The quantitative estimate of drug-likeness (QED) is 0.749.